The van der Waals surface area contributed by atoms with Crippen molar-refractivity contribution in [3.8, 4) is 0 Å². The van der Waals surface area contributed by atoms with Gasteiger partial charge in [0.25, 0.3) is 0 Å². The maximum atomic E-state index is 4.71. The summed E-state index contributed by atoms with van der Waals surface area (Å²) in [5.41, 5.74) is 6.14. The molecule has 0 unspecified atom stereocenters. The van der Waals surface area contributed by atoms with E-state index in [0.29, 0.717) is 12.0 Å². The van der Waals surface area contributed by atoms with Crippen molar-refractivity contribution < 1.29 is 0 Å². The molecule has 4 heteroatoms. The number of hydrogen-bond acceptors (Lipinski definition) is 4. The molecule has 1 aromatic carbocycles. The molecule has 120 valence electrons. The van der Waals surface area contributed by atoms with Gasteiger partial charge in [0.2, 0.25) is 5.95 Å². The average molecular weight is 308 g/mol. The quantitative estimate of drug-likeness (QED) is 0.847. The van der Waals surface area contributed by atoms with E-state index in [0.717, 1.165) is 17.5 Å². The third kappa shape index (κ3) is 3.31. The van der Waals surface area contributed by atoms with Crippen LogP contribution < -0.4 is 10.6 Å². The lowest BCUT2D eigenvalue weighted by Gasteiger charge is -2.15. The largest absolute Gasteiger partial charge is 0.351 e. The molecule has 0 saturated heterocycles. The molecule has 0 atom stereocenters. The topological polar surface area (TPSA) is 49.8 Å². The molecule has 2 aromatic rings. The molecule has 2 aliphatic carbocycles. The van der Waals surface area contributed by atoms with Crippen LogP contribution in [0.5, 0.6) is 0 Å². The molecule has 2 aliphatic rings. The van der Waals surface area contributed by atoms with Crippen molar-refractivity contribution in [2.24, 2.45) is 0 Å². The fourth-order valence-corrected chi connectivity index (χ4v) is 3.10. The average Bonchev–Trinajstić information content (AvgIpc) is 3.34. The predicted molar refractivity (Wildman–Crippen MR) is 94.6 cm³/mol. The highest BCUT2D eigenvalue weighted by Crippen LogP contribution is 2.40. The first-order chi connectivity index (χ1) is 11.1. The molecule has 0 spiro atoms. The Balaban J connectivity index is 1.66. The summed E-state index contributed by atoms with van der Waals surface area (Å²) in [5.74, 6) is 2.31. The Labute approximate surface area is 137 Å². The third-order valence-electron chi connectivity index (χ3n) is 4.58. The lowest BCUT2D eigenvalue weighted by Crippen LogP contribution is -2.09. The van der Waals surface area contributed by atoms with E-state index in [1.807, 2.05) is 0 Å². The molecule has 2 fully saturated rings. The zero-order valence-electron chi connectivity index (χ0n) is 14.1. The van der Waals surface area contributed by atoms with Gasteiger partial charge in [0, 0.05) is 23.7 Å². The van der Waals surface area contributed by atoms with Crippen molar-refractivity contribution in [1.82, 2.24) is 9.97 Å². The Morgan fingerprint density at radius 1 is 0.913 bits per heavy atom. The molecule has 23 heavy (non-hydrogen) atoms. The molecule has 4 rings (SSSR count). The van der Waals surface area contributed by atoms with Gasteiger partial charge in [-0.1, -0.05) is 17.7 Å². The molecule has 4 nitrogen and oxygen atoms in total. The van der Waals surface area contributed by atoms with Crippen LogP contribution in [0.1, 0.15) is 54.0 Å². The van der Waals surface area contributed by atoms with Gasteiger partial charge in [-0.25, -0.2) is 4.98 Å². The summed E-state index contributed by atoms with van der Waals surface area (Å²) in [6.07, 6.45) is 4.97. The van der Waals surface area contributed by atoms with Crippen LogP contribution in [-0.2, 0) is 0 Å². The maximum Gasteiger partial charge on any atom is 0.225 e. The summed E-state index contributed by atoms with van der Waals surface area (Å²) >= 11 is 0. The van der Waals surface area contributed by atoms with Crippen LogP contribution in [0.25, 0.3) is 0 Å². The van der Waals surface area contributed by atoms with Gasteiger partial charge in [-0.2, -0.15) is 4.98 Å². The highest BCUT2D eigenvalue weighted by Gasteiger charge is 2.28. The van der Waals surface area contributed by atoms with Gasteiger partial charge in [0.05, 0.1) is 5.69 Å². The van der Waals surface area contributed by atoms with Crippen LogP contribution in [0, 0.1) is 20.8 Å². The summed E-state index contributed by atoms with van der Waals surface area (Å²) < 4.78 is 0. The molecule has 2 saturated carbocycles. The van der Waals surface area contributed by atoms with Crippen LogP contribution in [0.3, 0.4) is 0 Å². The van der Waals surface area contributed by atoms with Gasteiger partial charge < -0.3 is 10.6 Å². The monoisotopic (exact) mass is 308 g/mol. The molecular formula is C19H24N4. The Morgan fingerprint density at radius 3 is 2.22 bits per heavy atom. The van der Waals surface area contributed by atoms with Gasteiger partial charge in [0.15, 0.2) is 0 Å². The minimum atomic E-state index is 0.570. The smallest absolute Gasteiger partial charge is 0.225 e. The summed E-state index contributed by atoms with van der Waals surface area (Å²) in [6, 6.07) is 7.11. The molecule has 1 aromatic heterocycles. The fraction of sp³-hybridized carbons (Fsp3) is 0.474. The van der Waals surface area contributed by atoms with Crippen LogP contribution in [-0.4, -0.2) is 16.0 Å². The van der Waals surface area contributed by atoms with Crippen LogP contribution in [0.15, 0.2) is 18.2 Å². The van der Waals surface area contributed by atoms with E-state index in [-0.39, 0.29) is 0 Å². The number of aryl methyl sites for hydroxylation is 3. The maximum absolute atomic E-state index is 4.71. The number of nitrogens with zero attached hydrogens (tertiary/aromatic N) is 2. The number of nitrogens with one attached hydrogen (secondary N) is 2. The third-order valence-corrected chi connectivity index (χ3v) is 4.58. The minimum Gasteiger partial charge on any atom is -0.351 e. The van der Waals surface area contributed by atoms with Gasteiger partial charge in [-0.15, -0.1) is 0 Å². The SMILES string of the molecule is Cc1cc(C)c(Nc2cc(C3CC3)nc(NC3CC3)n2)c(C)c1. The lowest BCUT2D eigenvalue weighted by molar-refractivity contribution is 0.968. The number of rotatable bonds is 5. The first-order valence-corrected chi connectivity index (χ1v) is 8.59. The Kier molecular flexibility index (Phi) is 3.47. The van der Waals surface area contributed by atoms with Crippen molar-refractivity contribution in [1.29, 1.82) is 0 Å². The van der Waals surface area contributed by atoms with Crippen LogP contribution in [0.4, 0.5) is 17.5 Å². The zero-order chi connectivity index (χ0) is 16.0. The van der Waals surface area contributed by atoms with Crippen molar-refractivity contribution in [2.75, 3.05) is 10.6 Å². The van der Waals surface area contributed by atoms with Crippen molar-refractivity contribution in [3.63, 3.8) is 0 Å². The molecule has 2 N–H and O–H groups in total. The molecule has 0 aliphatic heterocycles. The second-order valence-electron chi connectivity index (χ2n) is 7.09. The number of hydrogen-bond donors (Lipinski definition) is 2. The lowest BCUT2D eigenvalue weighted by atomic mass is 10.1. The van der Waals surface area contributed by atoms with E-state index in [2.05, 4.69) is 49.6 Å². The molecule has 0 radical (unpaired) electrons. The predicted octanol–water partition coefficient (Wildman–Crippen LogP) is 4.60. The second-order valence-corrected chi connectivity index (χ2v) is 7.09. The van der Waals surface area contributed by atoms with Crippen LogP contribution >= 0.6 is 0 Å². The number of anilines is 3. The summed E-state index contributed by atoms with van der Waals surface area (Å²) in [4.78, 5) is 9.40. The van der Waals surface area contributed by atoms with Crippen molar-refractivity contribution >= 4 is 17.5 Å². The van der Waals surface area contributed by atoms with Crippen LogP contribution in [0.2, 0.25) is 0 Å². The minimum absolute atomic E-state index is 0.570. The first kappa shape index (κ1) is 14.5. The van der Waals surface area contributed by atoms with E-state index < -0.39 is 0 Å². The Morgan fingerprint density at radius 2 is 1.61 bits per heavy atom. The van der Waals surface area contributed by atoms with Gasteiger partial charge in [-0.05, 0) is 57.6 Å². The fourth-order valence-electron chi connectivity index (χ4n) is 3.10. The van der Waals surface area contributed by atoms with E-state index in [1.165, 1.54) is 48.1 Å². The molecule has 1 heterocycles. The summed E-state index contributed by atoms with van der Waals surface area (Å²) in [6.45, 7) is 6.43. The zero-order valence-corrected chi connectivity index (χ0v) is 14.1. The van der Waals surface area contributed by atoms with Gasteiger partial charge >= 0.3 is 0 Å². The van der Waals surface area contributed by atoms with Gasteiger partial charge in [-0.3, -0.25) is 0 Å². The highest BCUT2D eigenvalue weighted by molar-refractivity contribution is 5.66. The summed E-state index contributed by atoms with van der Waals surface area (Å²) in [7, 11) is 0. The Bertz CT molecular complexity index is 722. The molecule has 0 bridgehead atoms. The van der Waals surface area contributed by atoms with E-state index >= 15 is 0 Å². The highest BCUT2D eigenvalue weighted by atomic mass is 15.2. The van der Waals surface area contributed by atoms with Gasteiger partial charge in [0.1, 0.15) is 5.82 Å². The number of aromatic nitrogens is 2. The standard InChI is InChI=1S/C19H24N4/c1-11-8-12(2)18(13(3)9-11)22-17-10-16(14-4-5-14)21-19(23-17)20-15-6-7-15/h8-10,14-15H,4-7H2,1-3H3,(H2,20,21,22,23). The van der Waals surface area contributed by atoms with E-state index in [1.54, 1.807) is 0 Å². The molecular weight excluding hydrogens is 284 g/mol. The van der Waals surface area contributed by atoms with E-state index in [9.17, 15) is 0 Å². The Hall–Kier alpha value is -2.10. The normalized spacial score (nSPS) is 17.2. The van der Waals surface area contributed by atoms with Crippen molar-refractivity contribution in [2.45, 2.75) is 58.4 Å². The van der Waals surface area contributed by atoms with Crippen molar-refractivity contribution in [3.05, 3.63) is 40.6 Å². The molecule has 0 amide bonds. The van der Waals surface area contributed by atoms with E-state index in [4.69, 9.17) is 9.97 Å². The number of benzene rings is 1. The summed E-state index contributed by atoms with van der Waals surface area (Å²) in [5, 5.41) is 6.97. The second kappa shape index (κ2) is 5.52. The first-order valence-electron chi connectivity index (χ1n) is 8.59.